The minimum Gasteiger partial charge on any atom is -0.345 e. The topological polar surface area (TPSA) is 26.8 Å². The maximum atomic E-state index is 11.5. The summed E-state index contributed by atoms with van der Waals surface area (Å²) in [5.74, 6) is 0.251. The molecule has 1 heterocycles. The minimum absolute atomic E-state index is 0.251. The van der Waals surface area contributed by atoms with E-state index >= 15 is 0 Å². The predicted octanol–water partition coefficient (Wildman–Crippen LogP) is -0.288. The number of rotatable bonds is 3. The lowest BCUT2D eigenvalue weighted by molar-refractivity contribution is -0.129. The minimum atomic E-state index is 0.251. The van der Waals surface area contributed by atoms with E-state index in [0.29, 0.717) is 6.54 Å². The van der Waals surface area contributed by atoms with Gasteiger partial charge in [0.05, 0.1) is 6.54 Å². The van der Waals surface area contributed by atoms with Crippen LogP contribution in [0.3, 0.4) is 0 Å². The molecule has 0 aliphatic carbocycles. The molecule has 0 bridgehead atoms. The van der Waals surface area contributed by atoms with Gasteiger partial charge in [-0.05, 0) is 20.5 Å². The van der Waals surface area contributed by atoms with Crippen LogP contribution in [-0.2, 0) is 4.79 Å². The van der Waals surface area contributed by atoms with Crippen LogP contribution in [0.15, 0.2) is 0 Å². The molecule has 0 unspecified atom stereocenters. The van der Waals surface area contributed by atoms with E-state index in [9.17, 15) is 4.79 Å². The first-order chi connectivity index (χ1) is 6.59. The molecule has 0 atom stereocenters. The molecular weight excluding hydrogens is 178 g/mol. The third-order valence-corrected chi connectivity index (χ3v) is 2.62. The van der Waals surface area contributed by atoms with Crippen LogP contribution >= 0.6 is 0 Å². The highest BCUT2D eigenvalue weighted by atomic mass is 16.2. The van der Waals surface area contributed by atoms with Crippen molar-refractivity contribution in [2.24, 2.45) is 0 Å². The Morgan fingerprint density at radius 1 is 1.36 bits per heavy atom. The molecule has 0 spiro atoms. The molecular formula is C10H21N3O. The third-order valence-electron chi connectivity index (χ3n) is 2.62. The number of amides is 1. The highest BCUT2D eigenvalue weighted by molar-refractivity contribution is 5.78. The largest absolute Gasteiger partial charge is 0.345 e. The highest BCUT2D eigenvalue weighted by Crippen LogP contribution is 2.01. The van der Waals surface area contributed by atoms with Gasteiger partial charge in [0.25, 0.3) is 0 Å². The first-order valence-electron chi connectivity index (χ1n) is 5.20. The molecule has 0 aromatic heterocycles. The maximum Gasteiger partial charge on any atom is 0.236 e. The van der Waals surface area contributed by atoms with Gasteiger partial charge in [-0.25, -0.2) is 0 Å². The summed E-state index contributed by atoms with van der Waals surface area (Å²) in [6.45, 7) is 4.55. The number of carbonyl (C=O) groups is 1. The second-order valence-electron chi connectivity index (χ2n) is 4.25. The molecule has 1 amide bonds. The van der Waals surface area contributed by atoms with Crippen molar-refractivity contribution in [3.63, 3.8) is 0 Å². The van der Waals surface area contributed by atoms with Crippen LogP contribution in [0.1, 0.15) is 6.42 Å². The van der Waals surface area contributed by atoms with Gasteiger partial charge in [-0.1, -0.05) is 0 Å². The van der Waals surface area contributed by atoms with E-state index in [0.717, 1.165) is 32.6 Å². The number of carbonyl (C=O) groups excluding carboxylic acids is 1. The Morgan fingerprint density at radius 3 is 2.71 bits per heavy atom. The summed E-state index contributed by atoms with van der Waals surface area (Å²) in [6, 6.07) is 0. The lowest BCUT2D eigenvalue weighted by atomic mass is 10.4. The third kappa shape index (κ3) is 3.64. The smallest absolute Gasteiger partial charge is 0.236 e. The van der Waals surface area contributed by atoms with Crippen LogP contribution in [0.25, 0.3) is 0 Å². The average Bonchev–Trinajstić information content (AvgIpc) is 2.26. The summed E-state index contributed by atoms with van der Waals surface area (Å²) in [4.78, 5) is 17.8. The Labute approximate surface area is 86.5 Å². The van der Waals surface area contributed by atoms with Gasteiger partial charge >= 0.3 is 0 Å². The molecule has 82 valence electrons. The van der Waals surface area contributed by atoms with Crippen LogP contribution in [0, 0.1) is 0 Å². The van der Waals surface area contributed by atoms with Crippen molar-refractivity contribution in [2.45, 2.75) is 6.42 Å². The fourth-order valence-corrected chi connectivity index (χ4v) is 1.58. The first kappa shape index (κ1) is 11.5. The van der Waals surface area contributed by atoms with E-state index in [2.05, 4.69) is 23.9 Å². The molecule has 14 heavy (non-hydrogen) atoms. The molecule has 1 rings (SSSR count). The van der Waals surface area contributed by atoms with Gasteiger partial charge in [-0.2, -0.15) is 0 Å². The van der Waals surface area contributed by atoms with Crippen molar-refractivity contribution in [3.05, 3.63) is 0 Å². The molecule has 0 saturated carbocycles. The lowest BCUT2D eigenvalue weighted by Gasteiger charge is -2.21. The fourth-order valence-electron chi connectivity index (χ4n) is 1.58. The second kappa shape index (κ2) is 5.32. The zero-order valence-electron chi connectivity index (χ0n) is 9.49. The maximum absolute atomic E-state index is 11.5. The normalized spacial score (nSPS) is 20.3. The Bertz CT molecular complexity index is 194. The number of hydrogen-bond acceptors (Lipinski definition) is 3. The molecule has 1 aliphatic rings. The molecule has 4 nitrogen and oxygen atoms in total. The Morgan fingerprint density at radius 2 is 2.07 bits per heavy atom. The van der Waals surface area contributed by atoms with Crippen molar-refractivity contribution in [2.75, 3.05) is 53.9 Å². The molecule has 1 aliphatic heterocycles. The molecule has 0 radical (unpaired) electrons. The molecule has 0 aromatic rings. The van der Waals surface area contributed by atoms with Crippen molar-refractivity contribution >= 4 is 5.91 Å². The lowest BCUT2D eigenvalue weighted by Crippen LogP contribution is -2.37. The predicted molar refractivity (Wildman–Crippen MR) is 57.2 cm³/mol. The number of hydrogen-bond donors (Lipinski definition) is 0. The van der Waals surface area contributed by atoms with Crippen molar-refractivity contribution in [1.82, 2.24) is 14.7 Å². The van der Waals surface area contributed by atoms with Crippen LogP contribution in [0.4, 0.5) is 0 Å². The first-order valence-corrected chi connectivity index (χ1v) is 5.20. The number of likely N-dealkylation sites (N-methyl/N-ethyl adjacent to an activating group) is 2. The standard InChI is InChI=1S/C10H21N3O/c1-11(2)7-8-13-6-4-5-12(3)10(14)9-13/h4-9H2,1-3H3. The molecule has 1 fully saturated rings. The zero-order chi connectivity index (χ0) is 10.6. The zero-order valence-corrected chi connectivity index (χ0v) is 9.49. The van der Waals surface area contributed by atoms with Gasteiger partial charge in [0.15, 0.2) is 0 Å². The highest BCUT2D eigenvalue weighted by Gasteiger charge is 2.18. The van der Waals surface area contributed by atoms with Gasteiger partial charge in [-0.3, -0.25) is 9.69 Å². The summed E-state index contributed by atoms with van der Waals surface area (Å²) in [6.07, 6.45) is 1.09. The molecule has 0 N–H and O–H groups in total. The van der Waals surface area contributed by atoms with Crippen LogP contribution in [0.2, 0.25) is 0 Å². The molecule has 4 heteroatoms. The molecule has 1 saturated heterocycles. The van der Waals surface area contributed by atoms with E-state index < -0.39 is 0 Å². The summed E-state index contributed by atoms with van der Waals surface area (Å²) >= 11 is 0. The van der Waals surface area contributed by atoms with Gasteiger partial charge in [0.2, 0.25) is 5.91 Å². The van der Waals surface area contributed by atoms with E-state index in [1.54, 1.807) is 0 Å². The van der Waals surface area contributed by atoms with Gasteiger partial charge in [0, 0.05) is 33.2 Å². The quantitative estimate of drug-likeness (QED) is 0.625. The average molecular weight is 199 g/mol. The summed E-state index contributed by atoms with van der Waals surface area (Å²) in [5, 5.41) is 0. The van der Waals surface area contributed by atoms with Crippen molar-refractivity contribution in [1.29, 1.82) is 0 Å². The molecule has 0 aromatic carbocycles. The van der Waals surface area contributed by atoms with Crippen LogP contribution in [0.5, 0.6) is 0 Å². The summed E-state index contributed by atoms with van der Waals surface area (Å²) < 4.78 is 0. The van der Waals surface area contributed by atoms with Crippen LogP contribution in [-0.4, -0.2) is 74.5 Å². The monoisotopic (exact) mass is 199 g/mol. The van der Waals surface area contributed by atoms with Gasteiger partial charge in [0.1, 0.15) is 0 Å². The van der Waals surface area contributed by atoms with Crippen LogP contribution < -0.4 is 0 Å². The van der Waals surface area contributed by atoms with E-state index in [1.807, 2.05) is 11.9 Å². The SMILES string of the molecule is CN(C)CCN1CCCN(C)C(=O)C1. The Kier molecular flexibility index (Phi) is 4.35. The summed E-state index contributed by atoms with van der Waals surface area (Å²) in [5.41, 5.74) is 0. The van der Waals surface area contributed by atoms with Gasteiger partial charge < -0.3 is 9.80 Å². The fraction of sp³-hybridized carbons (Fsp3) is 0.900. The van der Waals surface area contributed by atoms with E-state index in [1.165, 1.54) is 0 Å². The second-order valence-corrected chi connectivity index (χ2v) is 4.25. The van der Waals surface area contributed by atoms with Crippen molar-refractivity contribution < 1.29 is 4.79 Å². The van der Waals surface area contributed by atoms with E-state index in [4.69, 9.17) is 0 Å². The number of nitrogens with zero attached hydrogens (tertiary/aromatic N) is 3. The van der Waals surface area contributed by atoms with Gasteiger partial charge in [-0.15, -0.1) is 0 Å². The Balaban J connectivity index is 2.35. The Hall–Kier alpha value is -0.610. The van der Waals surface area contributed by atoms with Crippen molar-refractivity contribution in [3.8, 4) is 0 Å². The summed E-state index contributed by atoms with van der Waals surface area (Å²) in [7, 11) is 6.01. The van der Waals surface area contributed by atoms with E-state index in [-0.39, 0.29) is 5.91 Å².